The second kappa shape index (κ2) is 6.66. The highest BCUT2D eigenvalue weighted by Gasteiger charge is 2.32. The lowest BCUT2D eigenvalue weighted by molar-refractivity contribution is -0.136. The molecule has 1 fully saturated rings. The van der Waals surface area contributed by atoms with Crippen molar-refractivity contribution >= 4 is 17.7 Å². The molecule has 3 rings (SSSR count). The average molecular weight is 322 g/mol. The molecule has 122 valence electrons. The highest BCUT2D eigenvalue weighted by atomic mass is 16.2. The minimum atomic E-state index is -0.615. The molecule has 0 radical (unpaired) electrons. The van der Waals surface area contributed by atoms with Crippen molar-refractivity contribution in [1.29, 1.82) is 0 Å². The molecule has 1 atom stereocenters. The van der Waals surface area contributed by atoms with Crippen LogP contribution in [0.4, 0.5) is 0 Å². The van der Waals surface area contributed by atoms with Crippen LogP contribution < -0.4 is 5.32 Å². The van der Waals surface area contributed by atoms with E-state index in [2.05, 4.69) is 5.32 Å². The minimum Gasteiger partial charge on any atom is -0.330 e. The van der Waals surface area contributed by atoms with Crippen molar-refractivity contribution in [2.24, 2.45) is 0 Å². The van der Waals surface area contributed by atoms with E-state index in [0.29, 0.717) is 12.0 Å². The Bertz CT molecular complexity index is 786. The number of carbonyl (C=O) groups excluding carboxylic acids is 3. The standard InChI is InChI=1S/C19H18N2O3/c1-21(16-10-11-17(22)20-18(16)23)19(24)15-9-5-8-14(12-15)13-6-3-2-4-7-13/h2-9,12,16H,10-11H2,1H3,(H,20,22,23). The van der Waals surface area contributed by atoms with Gasteiger partial charge in [0.2, 0.25) is 11.8 Å². The molecule has 24 heavy (non-hydrogen) atoms. The van der Waals surface area contributed by atoms with Crippen molar-refractivity contribution in [3.8, 4) is 11.1 Å². The fourth-order valence-corrected chi connectivity index (χ4v) is 2.86. The van der Waals surface area contributed by atoms with Crippen molar-refractivity contribution in [1.82, 2.24) is 10.2 Å². The maximum atomic E-state index is 12.7. The van der Waals surface area contributed by atoms with E-state index in [1.54, 1.807) is 13.1 Å². The highest BCUT2D eigenvalue weighted by Crippen LogP contribution is 2.21. The molecule has 5 nitrogen and oxygen atoms in total. The van der Waals surface area contributed by atoms with Gasteiger partial charge in [0.05, 0.1) is 0 Å². The average Bonchev–Trinajstić information content (AvgIpc) is 2.61. The van der Waals surface area contributed by atoms with Gasteiger partial charge in [-0.25, -0.2) is 0 Å². The zero-order valence-electron chi connectivity index (χ0n) is 13.4. The summed E-state index contributed by atoms with van der Waals surface area (Å²) in [5.41, 5.74) is 2.48. The smallest absolute Gasteiger partial charge is 0.254 e. The van der Waals surface area contributed by atoms with E-state index < -0.39 is 11.9 Å². The monoisotopic (exact) mass is 322 g/mol. The number of imide groups is 1. The normalized spacial score (nSPS) is 17.3. The van der Waals surface area contributed by atoms with Gasteiger partial charge in [0, 0.05) is 19.0 Å². The number of benzene rings is 2. The van der Waals surface area contributed by atoms with Crippen LogP contribution in [0.3, 0.4) is 0 Å². The number of hydrogen-bond acceptors (Lipinski definition) is 3. The molecule has 1 saturated heterocycles. The van der Waals surface area contributed by atoms with Gasteiger partial charge in [0.25, 0.3) is 5.91 Å². The molecule has 0 bridgehead atoms. The fraction of sp³-hybridized carbons (Fsp3) is 0.211. The Labute approximate surface area is 140 Å². The maximum Gasteiger partial charge on any atom is 0.254 e. The number of nitrogens with zero attached hydrogens (tertiary/aromatic N) is 1. The zero-order valence-corrected chi connectivity index (χ0v) is 13.4. The minimum absolute atomic E-state index is 0.234. The SMILES string of the molecule is CN(C(=O)c1cccc(-c2ccccc2)c1)C1CCC(=O)NC1=O. The summed E-state index contributed by atoms with van der Waals surface area (Å²) in [6.07, 6.45) is 0.601. The fourth-order valence-electron chi connectivity index (χ4n) is 2.86. The molecule has 1 heterocycles. The molecule has 1 aliphatic rings. The van der Waals surface area contributed by atoms with Crippen LogP contribution in [0.5, 0.6) is 0 Å². The first-order valence-corrected chi connectivity index (χ1v) is 7.82. The van der Waals surface area contributed by atoms with Crippen molar-refractivity contribution in [2.45, 2.75) is 18.9 Å². The van der Waals surface area contributed by atoms with Gasteiger partial charge in [0.1, 0.15) is 6.04 Å². The number of likely N-dealkylation sites (N-methyl/N-ethyl adjacent to an activating group) is 1. The van der Waals surface area contributed by atoms with E-state index >= 15 is 0 Å². The van der Waals surface area contributed by atoms with E-state index in [0.717, 1.165) is 11.1 Å². The zero-order chi connectivity index (χ0) is 17.1. The Morgan fingerprint density at radius 3 is 2.46 bits per heavy atom. The molecular weight excluding hydrogens is 304 g/mol. The first-order chi connectivity index (χ1) is 11.6. The Morgan fingerprint density at radius 1 is 1.04 bits per heavy atom. The number of nitrogens with one attached hydrogen (secondary N) is 1. The molecule has 0 aliphatic carbocycles. The largest absolute Gasteiger partial charge is 0.330 e. The molecule has 1 aliphatic heterocycles. The number of piperidine rings is 1. The second-order valence-electron chi connectivity index (χ2n) is 5.83. The first kappa shape index (κ1) is 15.9. The second-order valence-corrected chi connectivity index (χ2v) is 5.83. The van der Waals surface area contributed by atoms with E-state index in [9.17, 15) is 14.4 Å². The van der Waals surface area contributed by atoms with Gasteiger partial charge in [-0.05, 0) is 29.7 Å². The quantitative estimate of drug-likeness (QED) is 0.881. The molecule has 2 aromatic carbocycles. The summed E-state index contributed by atoms with van der Waals surface area (Å²) in [6.45, 7) is 0. The summed E-state index contributed by atoms with van der Waals surface area (Å²) in [4.78, 5) is 37.3. The summed E-state index contributed by atoms with van der Waals surface area (Å²) < 4.78 is 0. The number of hydrogen-bond donors (Lipinski definition) is 1. The lowest BCUT2D eigenvalue weighted by Crippen LogP contribution is -2.52. The highest BCUT2D eigenvalue weighted by molar-refractivity contribution is 6.04. The Kier molecular flexibility index (Phi) is 4.42. The van der Waals surface area contributed by atoms with E-state index in [1.807, 2.05) is 48.5 Å². The predicted molar refractivity (Wildman–Crippen MR) is 90.1 cm³/mol. The van der Waals surface area contributed by atoms with Gasteiger partial charge >= 0.3 is 0 Å². The molecule has 0 spiro atoms. The van der Waals surface area contributed by atoms with Crippen molar-refractivity contribution < 1.29 is 14.4 Å². The van der Waals surface area contributed by atoms with Gasteiger partial charge < -0.3 is 4.90 Å². The Hall–Kier alpha value is -2.95. The molecule has 1 N–H and O–H groups in total. The van der Waals surface area contributed by atoms with Crippen LogP contribution in [0.25, 0.3) is 11.1 Å². The van der Waals surface area contributed by atoms with Gasteiger partial charge in [-0.1, -0.05) is 42.5 Å². The third kappa shape index (κ3) is 3.20. The van der Waals surface area contributed by atoms with Crippen LogP contribution in [0, 0.1) is 0 Å². The van der Waals surface area contributed by atoms with Crippen LogP contribution in [0.2, 0.25) is 0 Å². The van der Waals surface area contributed by atoms with Crippen molar-refractivity contribution in [3.05, 3.63) is 60.2 Å². The summed E-state index contributed by atoms with van der Waals surface area (Å²) in [6, 6.07) is 16.5. The summed E-state index contributed by atoms with van der Waals surface area (Å²) in [7, 11) is 1.59. The molecule has 1 unspecified atom stereocenters. The number of amides is 3. The van der Waals surface area contributed by atoms with Crippen LogP contribution in [0.15, 0.2) is 54.6 Å². The number of rotatable bonds is 3. The number of carbonyl (C=O) groups is 3. The molecule has 5 heteroatoms. The van der Waals surface area contributed by atoms with Gasteiger partial charge in [-0.2, -0.15) is 0 Å². The Morgan fingerprint density at radius 2 is 1.75 bits per heavy atom. The maximum absolute atomic E-state index is 12.7. The first-order valence-electron chi connectivity index (χ1n) is 7.82. The third-order valence-corrected chi connectivity index (χ3v) is 4.21. The lowest BCUT2D eigenvalue weighted by Gasteiger charge is -2.29. The summed E-state index contributed by atoms with van der Waals surface area (Å²) in [5, 5.41) is 2.28. The van der Waals surface area contributed by atoms with Crippen molar-refractivity contribution in [3.63, 3.8) is 0 Å². The van der Waals surface area contributed by atoms with Crippen LogP contribution in [-0.2, 0) is 9.59 Å². The summed E-state index contributed by atoms with van der Waals surface area (Å²) in [5.74, 6) is -0.938. The van der Waals surface area contributed by atoms with Crippen LogP contribution in [0.1, 0.15) is 23.2 Å². The molecular formula is C19H18N2O3. The van der Waals surface area contributed by atoms with Crippen molar-refractivity contribution in [2.75, 3.05) is 7.05 Å². The molecule has 3 amide bonds. The van der Waals surface area contributed by atoms with Gasteiger partial charge in [-0.15, -0.1) is 0 Å². The van der Waals surface area contributed by atoms with Gasteiger partial charge in [0.15, 0.2) is 0 Å². The third-order valence-electron chi connectivity index (χ3n) is 4.21. The van der Waals surface area contributed by atoms with E-state index in [4.69, 9.17) is 0 Å². The Balaban J connectivity index is 1.82. The van der Waals surface area contributed by atoms with Crippen LogP contribution >= 0.6 is 0 Å². The molecule has 0 aromatic heterocycles. The molecule has 2 aromatic rings. The van der Waals surface area contributed by atoms with E-state index in [1.165, 1.54) is 4.90 Å². The van der Waals surface area contributed by atoms with Crippen LogP contribution in [-0.4, -0.2) is 35.7 Å². The van der Waals surface area contributed by atoms with E-state index in [-0.39, 0.29) is 18.2 Å². The van der Waals surface area contributed by atoms with Gasteiger partial charge in [-0.3, -0.25) is 19.7 Å². The predicted octanol–water partition coefficient (Wildman–Crippen LogP) is 2.23. The molecule has 0 saturated carbocycles. The lowest BCUT2D eigenvalue weighted by atomic mass is 10.0. The summed E-state index contributed by atoms with van der Waals surface area (Å²) >= 11 is 0. The topological polar surface area (TPSA) is 66.5 Å².